The van der Waals surface area contributed by atoms with Gasteiger partial charge in [0.2, 0.25) is 17.7 Å². The number of aliphatic carboxylic acids is 2. The van der Waals surface area contributed by atoms with Gasteiger partial charge in [-0.25, -0.2) is 4.79 Å². The van der Waals surface area contributed by atoms with Gasteiger partial charge in [0.15, 0.2) is 0 Å². The molecular weight excluding hydrogens is 436 g/mol. The van der Waals surface area contributed by atoms with Crippen LogP contribution in [0.3, 0.4) is 0 Å². The van der Waals surface area contributed by atoms with Gasteiger partial charge in [0.1, 0.15) is 18.1 Å². The van der Waals surface area contributed by atoms with Crippen molar-refractivity contribution in [2.45, 2.75) is 63.4 Å². The Labute approximate surface area is 190 Å². The van der Waals surface area contributed by atoms with Gasteiger partial charge in [0.25, 0.3) is 0 Å². The molecule has 0 aliphatic heterocycles. The van der Waals surface area contributed by atoms with Crippen LogP contribution in [0.2, 0.25) is 0 Å². The highest BCUT2D eigenvalue weighted by Crippen LogP contribution is 2.06. The number of aliphatic hydroxyl groups is 1. The van der Waals surface area contributed by atoms with E-state index in [1.54, 1.807) is 30.3 Å². The quantitative estimate of drug-likeness (QED) is 0.178. The second-order valence-corrected chi connectivity index (χ2v) is 7.60. The molecule has 5 unspecified atom stereocenters. The maximum Gasteiger partial charge on any atom is 0.326 e. The number of carbonyl (C=O) groups excluding carboxylic acids is 3. The fraction of sp³-hybridized carbons (Fsp3) is 0.476. The largest absolute Gasteiger partial charge is 0.481 e. The molecule has 5 atom stereocenters. The maximum absolute atomic E-state index is 12.8. The molecule has 0 fully saturated rings. The molecule has 0 aliphatic rings. The Morgan fingerprint density at radius 2 is 1.45 bits per heavy atom. The third-order valence-corrected chi connectivity index (χ3v) is 4.65. The van der Waals surface area contributed by atoms with Crippen molar-refractivity contribution in [2.24, 2.45) is 5.73 Å². The molecule has 33 heavy (non-hydrogen) atoms. The minimum Gasteiger partial charge on any atom is -0.481 e. The van der Waals surface area contributed by atoms with Crippen LogP contribution < -0.4 is 21.7 Å². The molecule has 0 radical (unpaired) electrons. The summed E-state index contributed by atoms with van der Waals surface area (Å²) in [6.07, 6.45) is -2.25. The number of benzene rings is 1. The number of carbonyl (C=O) groups is 5. The number of carboxylic acids is 2. The zero-order chi connectivity index (χ0) is 25.1. The Bertz CT molecular complexity index is 844. The van der Waals surface area contributed by atoms with Gasteiger partial charge in [-0.2, -0.15) is 0 Å². The fourth-order valence-corrected chi connectivity index (χ4v) is 2.81. The monoisotopic (exact) mass is 466 g/mol. The number of rotatable bonds is 13. The van der Waals surface area contributed by atoms with Crippen LogP contribution in [-0.2, 0) is 30.4 Å². The van der Waals surface area contributed by atoms with E-state index in [2.05, 4.69) is 16.0 Å². The zero-order valence-corrected chi connectivity index (χ0v) is 18.4. The van der Waals surface area contributed by atoms with Crippen LogP contribution in [0.5, 0.6) is 0 Å². The topological polar surface area (TPSA) is 208 Å². The van der Waals surface area contributed by atoms with Gasteiger partial charge >= 0.3 is 11.9 Å². The van der Waals surface area contributed by atoms with Gasteiger partial charge in [-0.05, 0) is 25.8 Å². The van der Waals surface area contributed by atoms with Gasteiger partial charge in [-0.15, -0.1) is 0 Å². The summed E-state index contributed by atoms with van der Waals surface area (Å²) in [5.41, 5.74) is 6.09. The second kappa shape index (κ2) is 13.1. The first-order chi connectivity index (χ1) is 15.4. The molecule has 8 N–H and O–H groups in total. The molecule has 0 bridgehead atoms. The minimum absolute atomic E-state index is 0.0394. The van der Waals surface area contributed by atoms with Crippen molar-refractivity contribution in [1.82, 2.24) is 16.0 Å². The predicted octanol–water partition coefficient (Wildman–Crippen LogP) is -1.64. The van der Waals surface area contributed by atoms with E-state index < -0.39 is 66.4 Å². The Hall–Kier alpha value is -3.51. The molecule has 12 heteroatoms. The van der Waals surface area contributed by atoms with Gasteiger partial charge in [-0.1, -0.05) is 30.3 Å². The van der Waals surface area contributed by atoms with E-state index in [4.69, 9.17) is 10.8 Å². The van der Waals surface area contributed by atoms with E-state index in [0.717, 1.165) is 0 Å². The van der Waals surface area contributed by atoms with Crippen LogP contribution in [0.25, 0.3) is 0 Å². The van der Waals surface area contributed by atoms with Gasteiger partial charge in [0, 0.05) is 12.8 Å². The average molecular weight is 466 g/mol. The van der Waals surface area contributed by atoms with E-state index >= 15 is 0 Å². The van der Waals surface area contributed by atoms with Crippen molar-refractivity contribution in [1.29, 1.82) is 0 Å². The molecular formula is C21H30N4O8. The highest BCUT2D eigenvalue weighted by molar-refractivity contribution is 5.94. The Morgan fingerprint density at radius 1 is 0.879 bits per heavy atom. The van der Waals surface area contributed by atoms with Crippen LogP contribution in [0.1, 0.15) is 32.3 Å². The number of aliphatic hydroxyl groups excluding tert-OH is 1. The molecule has 182 valence electrons. The number of carboxylic acid groups (broad SMARTS) is 2. The molecule has 0 saturated carbocycles. The highest BCUT2D eigenvalue weighted by Gasteiger charge is 2.32. The lowest BCUT2D eigenvalue weighted by molar-refractivity contribution is -0.143. The molecule has 1 aromatic rings. The third-order valence-electron chi connectivity index (χ3n) is 4.65. The van der Waals surface area contributed by atoms with E-state index in [1.807, 2.05) is 0 Å². The minimum atomic E-state index is -1.47. The Kier molecular flexibility index (Phi) is 11.0. The molecule has 12 nitrogen and oxygen atoms in total. The highest BCUT2D eigenvalue weighted by atomic mass is 16.4. The maximum atomic E-state index is 12.8. The number of amides is 3. The van der Waals surface area contributed by atoms with Crippen LogP contribution in [0.15, 0.2) is 30.3 Å². The van der Waals surface area contributed by atoms with Crippen molar-refractivity contribution < 1.29 is 39.3 Å². The standard InChI is InChI=1S/C21H30N4O8/c1-11(22)18(29)25-17(12(2)26)20(31)23-14(8-9-16(27)28)19(30)24-15(21(32)33)10-13-6-4-3-5-7-13/h3-7,11-12,14-15,17,26H,8-10,22H2,1-2H3,(H,23,31)(H,24,30)(H,25,29)(H,27,28)(H,32,33). The molecule has 3 amide bonds. The Morgan fingerprint density at radius 3 is 1.94 bits per heavy atom. The van der Waals surface area contributed by atoms with Crippen molar-refractivity contribution in [2.75, 3.05) is 0 Å². The van der Waals surface area contributed by atoms with Crippen molar-refractivity contribution in [3.8, 4) is 0 Å². The summed E-state index contributed by atoms with van der Waals surface area (Å²) in [5, 5.41) is 35.2. The number of nitrogens with one attached hydrogen (secondary N) is 3. The van der Waals surface area contributed by atoms with Crippen LogP contribution in [0, 0.1) is 0 Å². The normalized spacial score (nSPS) is 15.3. The molecule has 0 aliphatic carbocycles. The van der Waals surface area contributed by atoms with E-state index in [-0.39, 0.29) is 12.8 Å². The SMILES string of the molecule is CC(N)C(=O)NC(C(=O)NC(CCC(=O)O)C(=O)NC(Cc1ccccc1)C(=O)O)C(C)O. The van der Waals surface area contributed by atoms with E-state index in [0.29, 0.717) is 5.56 Å². The van der Waals surface area contributed by atoms with Crippen molar-refractivity contribution >= 4 is 29.7 Å². The molecule has 0 spiro atoms. The lowest BCUT2D eigenvalue weighted by Gasteiger charge is -2.26. The first kappa shape index (κ1) is 27.5. The number of hydrogen-bond donors (Lipinski definition) is 7. The summed E-state index contributed by atoms with van der Waals surface area (Å²) in [6, 6.07) is 3.31. The first-order valence-corrected chi connectivity index (χ1v) is 10.3. The molecule has 0 aromatic heterocycles. The summed E-state index contributed by atoms with van der Waals surface area (Å²) < 4.78 is 0. The zero-order valence-electron chi connectivity index (χ0n) is 18.4. The first-order valence-electron chi connectivity index (χ1n) is 10.3. The summed E-state index contributed by atoms with van der Waals surface area (Å²) in [5.74, 6) is -5.16. The van der Waals surface area contributed by atoms with Crippen molar-refractivity contribution in [3.05, 3.63) is 35.9 Å². The van der Waals surface area contributed by atoms with Gasteiger partial charge in [-0.3, -0.25) is 19.2 Å². The Balaban J connectivity index is 3.00. The summed E-state index contributed by atoms with van der Waals surface area (Å²) in [4.78, 5) is 59.9. The predicted molar refractivity (Wildman–Crippen MR) is 116 cm³/mol. The molecule has 0 saturated heterocycles. The van der Waals surface area contributed by atoms with E-state index in [9.17, 15) is 34.2 Å². The van der Waals surface area contributed by atoms with Crippen LogP contribution in [-0.4, -0.2) is 75.3 Å². The average Bonchev–Trinajstić information content (AvgIpc) is 2.74. The van der Waals surface area contributed by atoms with Crippen LogP contribution >= 0.6 is 0 Å². The van der Waals surface area contributed by atoms with Gasteiger partial charge < -0.3 is 37.0 Å². The van der Waals surface area contributed by atoms with E-state index in [1.165, 1.54) is 13.8 Å². The third kappa shape index (κ3) is 9.66. The number of hydrogen-bond acceptors (Lipinski definition) is 7. The molecule has 0 heterocycles. The van der Waals surface area contributed by atoms with Crippen LogP contribution in [0.4, 0.5) is 0 Å². The summed E-state index contributed by atoms with van der Waals surface area (Å²) >= 11 is 0. The molecule has 1 rings (SSSR count). The summed E-state index contributed by atoms with van der Waals surface area (Å²) in [6.45, 7) is 2.60. The van der Waals surface area contributed by atoms with Crippen molar-refractivity contribution in [3.63, 3.8) is 0 Å². The van der Waals surface area contributed by atoms with Gasteiger partial charge in [0.05, 0.1) is 12.1 Å². The lowest BCUT2D eigenvalue weighted by atomic mass is 10.0. The number of nitrogens with two attached hydrogens (primary N) is 1. The lowest BCUT2D eigenvalue weighted by Crippen LogP contribution is -2.59. The fourth-order valence-electron chi connectivity index (χ4n) is 2.81. The molecule has 1 aromatic carbocycles. The second-order valence-electron chi connectivity index (χ2n) is 7.60. The smallest absolute Gasteiger partial charge is 0.326 e. The summed E-state index contributed by atoms with van der Waals surface area (Å²) in [7, 11) is 0.